The Morgan fingerprint density at radius 2 is 1.30 bits per heavy atom. The van der Waals surface area contributed by atoms with E-state index in [2.05, 4.69) is 6.07 Å². The minimum Gasteiger partial charge on any atom is -0.337 e. The molecule has 1 heterocycles. The lowest BCUT2D eigenvalue weighted by atomic mass is 9.90. The van der Waals surface area contributed by atoms with E-state index in [1.165, 1.54) is 53.8 Å². The van der Waals surface area contributed by atoms with Crippen molar-refractivity contribution in [3.8, 4) is 17.2 Å². The van der Waals surface area contributed by atoms with Gasteiger partial charge in [-0.15, -0.1) is 11.3 Å². The highest BCUT2D eigenvalue weighted by Gasteiger charge is 2.31. The van der Waals surface area contributed by atoms with Crippen LogP contribution in [0.3, 0.4) is 0 Å². The number of rotatable bonds is 12. The third kappa shape index (κ3) is 7.75. The van der Waals surface area contributed by atoms with Crippen molar-refractivity contribution in [1.29, 1.82) is 5.26 Å². The average molecular weight is 825 g/mol. The summed E-state index contributed by atoms with van der Waals surface area (Å²) in [5.41, 5.74) is 4.62. The van der Waals surface area contributed by atoms with Crippen LogP contribution in [0.1, 0.15) is 36.8 Å². The van der Waals surface area contributed by atoms with E-state index < -0.39 is 28.2 Å². The minimum absolute atomic E-state index is 0.117. The summed E-state index contributed by atoms with van der Waals surface area (Å²) in [4.78, 5) is 15.8. The predicted molar refractivity (Wildman–Crippen MR) is 232 cm³/mol. The van der Waals surface area contributed by atoms with Crippen LogP contribution in [-0.4, -0.2) is 34.8 Å². The lowest BCUT2D eigenvalue weighted by molar-refractivity contribution is -0.439. The van der Waals surface area contributed by atoms with Crippen LogP contribution in [0.15, 0.2) is 145 Å². The number of hydrogen-bond acceptors (Lipinski definition) is 6. The van der Waals surface area contributed by atoms with E-state index in [0.717, 1.165) is 5.56 Å². The molecule has 0 N–H and O–H groups in total. The van der Waals surface area contributed by atoms with Crippen molar-refractivity contribution in [2.24, 2.45) is 0 Å². The summed E-state index contributed by atoms with van der Waals surface area (Å²) in [6.45, 7) is 6.28. The van der Waals surface area contributed by atoms with Crippen molar-refractivity contribution in [1.82, 2.24) is 0 Å². The molecule has 0 bridgehead atoms. The first-order chi connectivity index (χ1) is 29.1. The van der Waals surface area contributed by atoms with E-state index in [1.807, 2.05) is 61.5 Å². The number of thiophene rings is 1. The Morgan fingerprint density at radius 1 is 0.717 bits per heavy atom. The van der Waals surface area contributed by atoms with Crippen LogP contribution >= 0.6 is 11.3 Å². The average Bonchev–Trinajstić information content (AvgIpc) is 3.63. The number of allylic oxidation sites excluding steroid dienone is 5. The van der Waals surface area contributed by atoms with Gasteiger partial charge in [-0.3, -0.25) is 10.1 Å². The van der Waals surface area contributed by atoms with Gasteiger partial charge in [0.05, 0.1) is 10.5 Å². The van der Waals surface area contributed by atoms with Gasteiger partial charge < -0.3 is 9.80 Å². The van der Waals surface area contributed by atoms with Gasteiger partial charge in [0.2, 0.25) is 5.71 Å². The number of nitriles is 1. The number of nitrogens with zero attached hydrogens (tertiary/aromatic N) is 5. The number of benzene rings is 5. The molecule has 1 aliphatic carbocycles. The number of nitro groups is 1. The molecule has 60 heavy (non-hydrogen) atoms. The van der Waals surface area contributed by atoms with Crippen molar-refractivity contribution >= 4 is 56.1 Å². The van der Waals surface area contributed by atoms with E-state index in [9.17, 15) is 15.4 Å². The SMILES string of the molecule is CCN(c1ccccc1[N+](=O)[O-])c1sc(C(=C2C=CC(=[N+](CC)c3c(F)cccc3F)C=C2)c2ccc(N(CC)c3c(F)cccc3F)cc2)c(-c2ccccc2)c1C#N. The Hall–Kier alpha value is -7.10. The van der Waals surface area contributed by atoms with Gasteiger partial charge in [-0.05, 0) is 92.1 Å². The first kappa shape index (κ1) is 41.1. The van der Waals surface area contributed by atoms with Crippen LogP contribution < -0.4 is 9.80 Å². The minimum atomic E-state index is -0.702. The van der Waals surface area contributed by atoms with Crippen LogP contribution in [-0.2, 0) is 0 Å². The smallest absolute Gasteiger partial charge is 0.292 e. The normalized spacial score (nSPS) is 12.0. The number of hydrogen-bond donors (Lipinski definition) is 0. The molecular weight excluding hydrogens is 787 g/mol. The maximum absolute atomic E-state index is 15.1. The second-order valence-corrected chi connectivity index (χ2v) is 14.6. The third-order valence-corrected chi connectivity index (χ3v) is 11.4. The monoisotopic (exact) mass is 824 g/mol. The van der Waals surface area contributed by atoms with Crippen molar-refractivity contribution < 1.29 is 27.1 Å². The van der Waals surface area contributed by atoms with E-state index in [-0.39, 0.29) is 30.2 Å². The lowest BCUT2D eigenvalue weighted by Crippen LogP contribution is -2.19. The topological polar surface area (TPSA) is 76.4 Å². The van der Waals surface area contributed by atoms with Crippen LogP contribution in [0.5, 0.6) is 0 Å². The summed E-state index contributed by atoms with van der Waals surface area (Å²) < 4.78 is 61.8. The van der Waals surface area contributed by atoms with Crippen LogP contribution in [0, 0.1) is 44.7 Å². The van der Waals surface area contributed by atoms with Crippen molar-refractivity contribution in [2.45, 2.75) is 20.8 Å². The molecule has 12 heteroatoms. The van der Waals surface area contributed by atoms with Gasteiger partial charge in [0, 0.05) is 53.0 Å². The van der Waals surface area contributed by atoms with Crippen LogP contribution in [0.25, 0.3) is 16.7 Å². The summed E-state index contributed by atoms with van der Waals surface area (Å²) >= 11 is 1.31. The molecule has 7 nitrogen and oxygen atoms in total. The van der Waals surface area contributed by atoms with Crippen molar-refractivity contribution in [3.05, 3.63) is 195 Å². The van der Waals surface area contributed by atoms with Gasteiger partial charge in [-0.25, -0.2) is 8.78 Å². The molecular formula is C48H38F4N5O2S+. The second kappa shape index (κ2) is 17.8. The lowest BCUT2D eigenvalue weighted by Gasteiger charge is -2.25. The maximum atomic E-state index is 15.1. The molecule has 0 aliphatic heterocycles. The molecule has 0 spiro atoms. The molecule has 300 valence electrons. The summed E-state index contributed by atoms with van der Waals surface area (Å²) in [7, 11) is 0. The van der Waals surface area contributed by atoms with Crippen molar-refractivity contribution in [2.75, 3.05) is 29.4 Å². The van der Waals surface area contributed by atoms with Gasteiger partial charge >= 0.3 is 0 Å². The first-order valence-electron chi connectivity index (χ1n) is 19.3. The van der Waals surface area contributed by atoms with Crippen molar-refractivity contribution in [3.63, 3.8) is 0 Å². The molecule has 0 radical (unpaired) electrons. The predicted octanol–water partition coefficient (Wildman–Crippen LogP) is 12.8. The van der Waals surface area contributed by atoms with Gasteiger partial charge in [0.25, 0.3) is 11.4 Å². The van der Waals surface area contributed by atoms with E-state index >= 15 is 17.6 Å². The first-order valence-corrected chi connectivity index (χ1v) is 20.1. The molecule has 0 saturated carbocycles. The van der Waals surface area contributed by atoms with Crippen LogP contribution in [0.4, 0.5) is 51.0 Å². The van der Waals surface area contributed by atoms with E-state index in [0.29, 0.717) is 61.3 Å². The Morgan fingerprint density at radius 3 is 1.87 bits per heavy atom. The second-order valence-electron chi connectivity index (χ2n) is 13.6. The summed E-state index contributed by atoms with van der Waals surface area (Å²) in [5, 5.41) is 23.7. The fourth-order valence-electron chi connectivity index (χ4n) is 7.52. The van der Waals surface area contributed by atoms with Gasteiger partial charge in [-0.2, -0.15) is 18.6 Å². The number of nitro benzene ring substituents is 1. The Labute approximate surface area is 349 Å². The summed E-state index contributed by atoms with van der Waals surface area (Å²) in [6, 6.07) is 32.9. The van der Waals surface area contributed by atoms with E-state index in [4.69, 9.17) is 0 Å². The quantitative estimate of drug-likeness (QED) is 0.0532. The van der Waals surface area contributed by atoms with Crippen LogP contribution in [0.2, 0.25) is 0 Å². The number of para-hydroxylation sites is 4. The summed E-state index contributed by atoms with van der Waals surface area (Å²) in [5.74, 6) is -2.81. The Bertz CT molecular complexity index is 2710. The molecule has 1 aliphatic rings. The fourth-order valence-corrected chi connectivity index (χ4v) is 8.96. The standard InChI is InChI=1S/C48H38F4N5O2S/c1-4-54(45-37(49)16-12-17-38(45)50)34-26-22-32(23-27-34)43(33-24-28-35(29-25-33)55(5-2)46-39(51)18-13-19-40(46)52)47-44(31-14-8-7-9-15-31)36(30-53)48(60-47)56(6-3)41-20-10-11-21-42(41)57(58)59/h7-29H,4-6H2,1-3H3/q+1. The van der Waals surface area contributed by atoms with E-state index in [1.54, 1.807) is 70.7 Å². The summed E-state index contributed by atoms with van der Waals surface area (Å²) in [6.07, 6.45) is 7.22. The molecule has 0 amide bonds. The molecule has 0 unspecified atom stereocenters. The Balaban J connectivity index is 1.50. The highest BCUT2D eigenvalue weighted by molar-refractivity contribution is 7.18. The number of anilines is 4. The zero-order valence-electron chi connectivity index (χ0n) is 32.9. The highest BCUT2D eigenvalue weighted by Crippen LogP contribution is 2.50. The molecule has 7 rings (SSSR count). The molecule has 1 aromatic heterocycles. The zero-order chi connectivity index (χ0) is 42.5. The van der Waals surface area contributed by atoms with Gasteiger partial charge in [-0.1, -0.05) is 66.7 Å². The fraction of sp³-hybridized carbons (Fsp3) is 0.125. The molecule has 0 atom stereocenters. The maximum Gasteiger partial charge on any atom is 0.292 e. The largest absolute Gasteiger partial charge is 0.337 e. The molecule has 0 fully saturated rings. The number of halogens is 4. The zero-order valence-corrected chi connectivity index (χ0v) is 33.7. The van der Waals surface area contributed by atoms with Gasteiger partial charge in [0.15, 0.2) is 11.6 Å². The Kier molecular flexibility index (Phi) is 12.2. The third-order valence-electron chi connectivity index (χ3n) is 10.2. The van der Waals surface area contributed by atoms with Gasteiger partial charge in [0.1, 0.15) is 40.6 Å². The molecule has 6 aromatic rings. The molecule has 0 saturated heterocycles. The molecule has 5 aromatic carbocycles. The highest BCUT2D eigenvalue weighted by atomic mass is 32.1.